The zero-order chi connectivity index (χ0) is 9.84. The van der Waals surface area contributed by atoms with Crippen LogP contribution in [0.3, 0.4) is 0 Å². The van der Waals surface area contributed by atoms with Gasteiger partial charge in [-0.3, -0.25) is 4.79 Å². The van der Waals surface area contributed by atoms with Crippen molar-refractivity contribution in [3.8, 4) is 0 Å². The van der Waals surface area contributed by atoms with Gasteiger partial charge in [0.15, 0.2) is 0 Å². The van der Waals surface area contributed by atoms with Crippen molar-refractivity contribution in [2.75, 3.05) is 7.05 Å². The summed E-state index contributed by atoms with van der Waals surface area (Å²) in [4.78, 5) is 12.1. The van der Waals surface area contributed by atoms with Crippen molar-refractivity contribution >= 4 is 18.0 Å². The van der Waals surface area contributed by atoms with Crippen LogP contribution >= 0.6 is 11.6 Å². The third-order valence-electron chi connectivity index (χ3n) is 2.11. The van der Waals surface area contributed by atoms with Gasteiger partial charge in [-0.2, -0.15) is 0 Å². The van der Waals surface area contributed by atoms with E-state index in [1.807, 2.05) is 31.2 Å². The number of carbonyl (C=O) groups excluding carboxylic acids is 1. The lowest BCUT2D eigenvalue weighted by atomic mass is 10.1. The smallest absolute Gasteiger partial charge is 0.209 e. The molecule has 0 N–H and O–H groups in total. The molecule has 0 bridgehead atoms. The molecular weight excluding hydrogens is 186 g/mol. The monoisotopic (exact) mass is 197 g/mol. The summed E-state index contributed by atoms with van der Waals surface area (Å²) in [5.74, 6) is 0. The van der Waals surface area contributed by atoms with Gasteiger partial charge in [-0.15, -0.1) is 0 Å². The molecule has 0 aliphatic heterocycles. The van der Waals surface area contributed by atoms with Crippen molar-refractivity contribution < 1.29 is 4.79 Å². The number of nitrogens with zero attached hydrogens (tertiary/aromatic N) is 1. The van der Waals surface area contributed by atoms with Gasteiger partial charge < -0.3 is 4.90 Å². The van der Waals surface area contributed by atoms with Crippen LogP contribution in [0.15, 0.2) is 24.3 Å². The fourth-order valence-electron chi connectivity index (χ4n) is 1.09. The molecular formula is C10H12ClNO. The first-order valence-electron chi connectivity index (χ1n) is 4.08. The van der Waals surface area contributed by atoms with Crippen LogP contribution in [0.4, 0.5) is 0 Å². The summed E-state index contributed by atoms with van der Waals surface area (Å²) in [6.45, 7) is 1.96. The van der Waals surface area contributed by atoms with Crippen molar-refractivity contribution in [2.24, 2.45) is 0 Å². The molecule has 2 nitrogen and oxygen atoms in total. The molecule has 0 radical (unpaired) electrons. The maximum atomic E-state index is 10.5. The lowest BCUT2D eigenvalue weighted by molar-refractivity contribution is -0.118. The van der Waals surface area contributed by atoms with Crippen LogP contribution in [0.1, 0.15) is 18.5 Å². The molecule has 0 fully saturated rings. The Morgan fingerprint density at radius 1 is 1.54 bits per heavy atom. The van der Waals surface area contributed by atoms with Crippen LogP contribution in [-0.2, 0) is 4.79 Å². The molecule has 0 aliphatic rings. The molecule has 0 saturated heterocycles. The summed E-state index contributed by atoms with van der Waals surface area (Å²) < 4.78 is 0. The van der Waals surface area contributed by atoms with E-state index in [1.54, 1.807) is 11.9 Å². The first kappa shape index (κ1) is 10.1. The standard InChI is InChI=1S/C10H12ClNO/c1-8(12(2)7-13)9-4-3-5-10(11)6-9/h3-8H,1-2H3. The second-order valence-electron chi connectivity index (χ2n) is 3.00. The highest BCUT2D eigenvalue weighted by Crippen LogP contribution is 2.20. The first-order chi connectivity index (χ1) is 6.15. The van der Waals surface area contributed by atoms with E-state index in [0.717, 1.165) is 12.0 Å². The Kier molecular flexibility index (Phi) is 3.32. The second kappa shape index (κ2) is 4.28. The molecule has 1 amide bonds. The third kappa shape index (κ3) is 2.46. The predicted molar refractivity (Wildman–Crippen MR) is 53.7 cm³/mol. The lowest BCUT2D eigenvalue weighted by Crippen LogP contribution is -2.20. The minimum atomic E-state index is 0.0659. The quantitative estimate of drug-likeness (QED) is 0.682. The van der Waals surface area contributed by atoms with E-state index in [0.29, 0.717) is 5.02 Å². The number of hydrogen-bond acceptors (Lipinski definition) is 1. The average molecular weight is 198 g/mol. The minimum Gasteiger partial charge on any atom is -0.342 e. The fraction of sp³-hybridized carbons (Fsp3) is 0.300. The summed E-state index contributed by atoms with van der Waals surface area (Å²) in [5, 5.41) is 0.698. The molecule has 0 spiro atoms. The van der Waals surface area contributed by atoms with Crippen molar-refractivity contribution in [3.63, 3.8) is 0 Å². The Morgan fingerprint density at radius 3 is 2.77 bits per heavy atom. The van der Waals surface area contributed by atoms with Crippen LogP contribution in [-0.4, -0.2) is 18.4 Å². The Morgan fingerprint density at radius 2 is 2.23 bits per heavy atom. The Bertz CT molecular complexity index is 301. The topological polar surface area (TPSA) is 20.3 Å². The van der Waals surface area contributed by atoms with E-state index in [2.05, 4.69) is 0 Å². The lowest BCUT2D eigenvalue weighted by Gasteiger charge is -2.20. The summed E-state index contributed by atoms with van der Waals surface area (Å²) in [6.07, 6.45) is 0.811. The van der Waals surface area contributed by atoms with Gasteiger partial charge in [0.05, 0.1) is 6.04 Å². The summed E-state index contributed by atoms with van der Waals surface area (Å²) >= 11 is 5.83. The maximum absolute atomic E-state index is 10.5. The van der Waals surface area contributed by atoms with Gasteiger partial charge in [-0.1, -0.05) is 23.7 Å². The summed E-state index contributed by atoms with van der Waals surface area (Å²) in [6, 6.07) is 7.59. The first-order valence-corrected chi connectivity index (χ1v) is 4.45. The molecule has 0 aromatic heterocycles. The Hall–Kier alpha value is -1.02. The Balaban J connectivity index is 2.88. The van der Waals surface area contributed by atoms with Gasteiger partial charge >= 0.3 is 0 Å². The molecule has 13 heavy (non-hydrogen) atoms. The zero-order valence-corrected chi connectivity index (χ0v) is 8.45. The zero-order valence-electron chi connectivity index (χ0n) is 7.70. The molecule has 1 rings (SSSR count). The molecule has 1 aromatic carbocycles. The molecule has 0 heterocycles. The molecule has 1 aromatic rings. The molecule has 1 unspecified atom stereocenters. The van der Waals surface area contributed by atoms with E-state index >= 15 is 0 Å². The molecule has 3 heteroatoms. The number of benzene rings is 1. The van der Waals surface area contributed by atoms with E-state index < -0.39 is 0 Å². The highest BCUT2D eigenvalue weighted by Gasteiger charge is 2.08. The van der Waals surface area contributed by atoms with Crippen LogP contribution in [0.5, 0.6) is 0 Å². The van der Waals surface area contributed by atoms with Gasteiger partial charge in [0.25, 0.3) is 0 Å². The third-order valence-corrected chi connectivity index (χ3v) is 2.34. The van der Waals surface area contributed by atoms with Gasteiger partial charge in [0, 0.05) is 12.1 Å². The van der Waals surface area contributed by atoms with E-state index in [1.165, 1.54) is 0 Å². The SMILES string of the molecule is CC(c1cccc(Cl)c1)N(C)C=O. The van der Waals surface area contributed by atoms with Gasteiger partial charge in [-0.05, 0) is 24.6 Å². The van der Waals surface area contributed by atoms with Crippen LogP contribution < -0.4 is 0 Å². The number of amides is 1. The fourth-order valence-corrected chi connectivity index (χ4v) is 1.29. The highest BCUT2D eigenvalue weighted by molar-refractivity contribution is 6.30. The van der Waals surface area contributed by atoms with E-state index in [-0.39, 0.29) is 6.04 Å². The van der Waals surface area contributed by atoms with Crippen molar-refractivity contribution in [3.05, 3.63) is 34.9 Å². The molecule has 0 aliphatic carbocycles. The number of carbonyl (C=O) groups is 1. The number of rotatable bonds is 3. The molecule has 0 saturated carbocycles. The minimum absolute atomic E-state index is 0.0659. The second-order valence-corrected chi connectivity index (χ2v) is 3.44. The average Bonchev–Trinajstić information content (AvgIpc) is 2.15. The summed E-state index contributed by atoms with van der Waals surface area (Å²) in [5.41, 5.74) is 1.04. The Labute approximate surface area is 83.1 Å². The highest BCUT2D eigenvalue weighted by atomic mass is 35.5. The van der Waals surface area contributed by atoms with Crippen molar-refractivity contribution in [1.29, 1.82) is 0 Å². The van der Waals surface area contributed by atoms with Gasteiger partial charge in [-0.25, -0.2) is 0 Å². The number of hydrogen-bond donors (Lipinski definition) is 0. The van der Waals surface area contributed by atoms with Crippen molar-refractivity contribution in [2.45, 2.75) is 13.0 Å². The maximum Gasteiger partial charge on any atom is 0.209 e. The van der Waals surface area contributed by atoms with Gasteiger partial charge in [0.1, 0.15) is 0 Å². The van der Waals surface area contributed by atoms with Crippen molar-refractivity contribution in [1.82, 2.24) is 4.90 Å². The summed E-state index contributed by atoms with van der Waals surface area (Å²) in [7, 11) is 1.75. The van der Waals surface area contributed by atoms with Crippen LogP contribution in [0.2, 0.25) is 5.02 Å². The van der Waals surface area contributed by atoms with Gasteiger partial charge in [0.2, 0.25) is 6.41 Å². The predicted octanol–water partition coefficient (Wildman–Crippen LogP) is 2.49. The molecule has 70 valence electrons. The number of halogens is 1. The van der Waals surface area contributed by atoms with Crippen LogP contribution in [0.25, 0.3) is 0 Å². The molecule has 1 atom stereocenters. The van der Waals surface area contributed by atoms with Crippen LogP contribution in [0, 0.1) is 0 Å². The van der Waals surface area contributed by atoms with E-state index in [9.17, 15) is 4.79 Å². The largest absolute Gasteiger partial charge is 0.342 e. The van der Waals surface area contributed by atoms with E-state index in [4.69, 9.17) is 11.6 Å². The normalized spacial score (nSPS) is 12.2.